The zero-order valence-electron chi connectivity index (χ0n) is 8.76. The van der Waals surface area contributed by atoms with Gasteiger partial charge in [0.05, 0.1) is 6.42 Å². The summed E-state index contributed by atoms with van der Waals surface area (Å²) in [5, 5.41) is 13.5. The lowest BCUT2D eigenvalue weighted by atomic mass is 10.1. The van der Waals surface area contributed by atoms with Crippen molar-refractivity contribution in [1.82, 2.24) is 10.1 Å². The van der Waals surface area contributed by atoms with Crippen molar-refractivity contribution in [3.8, 4) is 5.75 Å². The highest BCUT2D eigenvalue weighted by molar-refractivity contribution is 5.33. The first-order valence-electron chi connectivity index (χ1n) is 5.42. The smallest absolute Gasteiger partial charge is 0.231 e. The predicted molar refractivity (Wildman–Crippen MR) is 57.2 cm³/mol. The molecule has 16 heavy (non-hydrogen) atoms. The monoisotopic (exact) mass is 216 g/mol. The molecule has 0 radical (unpaired) electrons. The molecule has 0 spiro atoms. The van der Waals surface area contributed by atoms with Gasteiger partial charge in [-0.3, -0.25) is 0 Å². The topological polar surface area (TPSA) is 59.2 Å². The highest BCUT2D eigenvalue weighted by Crippen LogP contribution is 2.38. The van der Waals surface area contributed by atoms with Crippen molar-refractivity contribution in [3.05, 3.63) is 41.5 Å². The summed E-state index contributed by atoms with van der Waals surface area (Å²) in [6.45, 7) is 0. The first kappa shape index (κ1) is 9.39. The normalized spacial score (nSPS) is 15.2. The van der Waals surface area contributed by atoms with Gasteiger partial charge in [-0.05, 0) is 18.9 Å². The zero-order chi connectivity index (χ0) is 11.0. The Kier molecular flexibility index (Phi) is 2.13. The lowest BCUT2D eigenvalue weighted by Gasteiger charge is -1.99. The van der Waals surface area contributed by atoms with Crippen LogP contribution in [0.3, 0.4) is 0 Å². The first-order valence-corrected chi connectivity index (χ1v) is 5.42. The van der Waals surface area contributed by atoms with E-state index in [-0.39, 0.29) is 5.75 Å². The van der Waals surface area contributed by atoms with Crippen LogP contribution in [0.2, 0.25) is 0 Å². The van der Waals surface area contributed by atoms with Gasteiger partial charge in [0, 0.05) is 11.5 Å². The molecule has 3 rings (SSSR count). The van der Waals surface area contributed by atoms with Crippen molar-refractivity contribution in [2.24, 2.45) is 0 Å². The van der Waals surface area contributed by atoms with Crippen LogP contribution in [0.4, 0.5) is 0 Å². The molecule has 1 aliphatic carbocycles. The molecule has 1 saturated carbocycles. The van der Waals surface area contributed by atoms with Crippen LogP contribution in [0.5, 0.6) is 5.75 Å². The van der Waals surface area contributed by atoms with E-state index in [1.807, 2.05) is 12.1 Å². The number of phenolic OH excluding ortho intramolecular Hbond substituents is 1. The van der Waals surface area contributed by atoms with Gasteiger partial charge >= 0.3 is 0 Å². The quantitative estimate of drug-likeness (QED) is 0.854. The number of para-hydroxylation sites is 1. The maximum absolute atomic E-state index is 9.61. The Morgan fingerprint density at radius 3 is 2.88 bits per heavy atom. The fraction of sp³-hybridized carbons (Fsp3) is 0.333. The summed E-state index contributed by atoms with van der Waals surface area (Å²) < 4.78 is 5.15. The Hall–Kier alpha value is -1.84. The van der Waals surface area contributed by atoms with Crippen LogP contribution in [0.15, 0.2) is 28.8 Å². The molecule has 2 aromatic rings. The molecule has 0 unspecified atom stereocenters. The molecule has 1 aromatic heterocycles. The summed E-state index contributed by atoms with van der Waals surface area (Å²) >= 11 is 0. The molecule has 1 N–H and O–H groups in total. The number of benzene rings is 1. The third kappa shape index (κ3) is 1.78. The Balaban J connectivity index is 1.80. The molecule has 1 heterocycles. The summed E-state index contributed by atoms with van der Waals surface area (Å²) in [4.78, 5) is 4.32. The van der Waals surface area contributed by atoms with Crippen molar-refractivity contribution in [2.45, 2.75) is 25.2 Å². The van der Waals surface area contributed by atoms with E-state index in [1.54, 1.807) is 12.1 Å². The third-order valence-electron chi connectivity index (χ3n) is 2.76. The van der Waals surface area contributed by atoms with Crippen LogP contribution in [-0.4, -0.2) is 15.2 Å². The van der Waals surface area contributed by atoms with Gasteiger partial charge in [0.2, 0.25) is 5.89 Å². The summed E-state index contributed by atoms with van der Waals surface area (Å²) in [6.07, 6.45) is 2.82. The molecule has 0 bridgehead atoms. The number of phenols is 1. The Morgan fingerprint density at radius 1 is 1.31 bits per heavy atom. The second kappa shape index (κ2) is 3.63. The van der Waals surface area contributed by atoms with Gasteiger partial charge in [0.15, 0.2) is 5.82 Å². The Labute approximate surface area is 92.9 Å². The fourth-order valence-electron chi connectivity index (χ4n) is 1.67. The number of hydrogen-bond acceptors (Lipinski definition) is 4. The van der Waals surface area contributed by atoms with Crippen molar-refractivity contribution in [3.63, 3.8) is 0 Å². The minimum absolute atomic E-state index is 0.272. The molecule has 4 nitrogen and oxygen atoms in total. The lowest BCUT2D eigenvalue weighted by molar-refractivity contribution is 0.377. The first-order chi connectivity index (χ1) is 7.83. The van der Waals surface area contributed by atoms with Gasteiger partial charge in [0.25, 0.3) is 0 Å². The van der Waals surface area contributed by atoms with Crippen molar-refractivity contribution in [2.75, 3.05) is 0 Å². The van der Waals surface area contributed by atoms with E-state index in [0.29, 0.717) is 18.2 Å². The van der Waals surface area contributed by atoms with Crippen molar-refractivity contribution in [1.29, 1.82) is 0 Å². The highest BCUT2D eigenvalue weighted by Gasteiger charge is 2.28. The van der Waals surface area contributed by atoms with Gasteiger partial charge in [-0.25, -0.2) is 0 Å². The van der Waals surface area contributed by atoms with Crippen LogP contribution in [0.25, 0.3) is 0 Å². The average molecular weight is 216 g/mol. The largest absolute Gasteiger partial charge is 0.508 e. The third-order valence-corrected chi connectivity index (χ3v) is 2.76. The van der Waals surface area contributed by atoms with Gasteiger partial charge in [-0.2, -0.15) is 4.98 Å². The van der Waals surface area contributed by atoms with E-state index in [4.69, 9.17) is 4.52 Å². The van der Waals surface area contributed by atoms with Gasteiger partial charge in [-0.1, -0.05) is 23.4 Å². The summed E-state index contributed by atoms with van der Waals surface area (Å²) in [5.41, 5.74) is 0.813. The summed E-state index contributed by atoms with van der Waals surface area (Å²) in [5.74, 6) is 2.16. The second-order valence-electron chi connectivity index (χ2n) is 4.13. The van der Waals surface area contributed by atoms with Crippen LogP contribution in [0, 0.1) is 0 Å². The standard InChI is InChI=1S/C12H12N2O2/c15-10-4-2-1-3-9(10)7-11-13-12(14-16-11)8-5-6-8/h1-4,8,15H,5-7H2. The van der Waals surface area contributed by atoms with Crippen LogP contribution in [-0.2, 0) is 6.42 Å². The second-order valence-corrected chi connectivity index (χ2v) is 4.13. The minimum Gasteiger partial charge on any atom is -0.508 e. The van der Waals surface area contributed by atoms with E-state index in [2.05, 4.69) is 10.1 Å². The molecule has 0 amide bonds. The maximum Gasteiger partial charge on any atom is 0.231 e. The Bertz CT molecular complexity index is 503. The van der Waals surface area contributed by atoms with E-state index in [9.17, 15) is 5.11 Å². The molecule has 1 aromatic carbocycles. The van der Waals surface area contributed by atoms with Crippen molar-refractivity contribution < 1.29 is 9.63 Å². The van der Waals surface area contributed by atoms with Crippen LogP contribution < -0.4 is 0 Å². The van der Waals surface area contributed by atoms with E-state index in [0.717, 1.165) is 24.2 Å². The number of aromatic nitrogens is 2. The van der Waals surface area contributed by atoms with E-state index in [1.165, 1.54) is 0 Å². The zero-order valence-corrected chi connectivity index (χ0v) is 8.76. The number of nitrogens with zero attached hydrogens (tertiary/aromatic N) is 2. The summed E-state index contributed by atoms with van der Waals surface area (Å²) in [7, 11) is 0. The molecule has 0 atom stereocenters. The molecule has 1 fully saturated rings. The molecule has 0 aliphatic heterocycles. The molecular formula is C12H12N2O2. The number of hydrogen-bond donors (Lipinski definition) is 1. The average Bonchev–Trinajstić information content (AvgIpc) is 3.03. The SMILES string of the molecule is Oc1ccccc1Cc1nc(C2CC2)no1. The van der Waals surface area contributed by atoms with Crippen LogP contribution in [0.1, 0.15) is 36.0 Å². The minimum atomic E-state index is 0.272. The molecule has 82 valence electrons. The van der Waals surface area contributed by atoms with Gasteiger partial charge < -0.3 is 9.63 Å². The lowest BCUT2D eigenvalue weighted by Crippen LogP contribution is -1.89. The maximum atomic E-state index is 9.61. The number of aromatic hydroxyl groups is 1. The molecule has 1 aliphatic rings. The van der Waals surface area contributed by atoms with Gasteiger partial charge in [0.1, 0.15) is 5.75 Å². The molecule has 0 saturated heterocycles. The molecular weight excluding hydrogens is 204 g/mol. The van der Waals surface area contributed by atoms with Crippen molar-refractivity contribution >= 4 is 0 Å². The van der Waals surface area contributed by atoms with E-state index >= 15 is 0 Å². The van der Waals surface area contributed by atoms with E-state index < -0.39 is 0 Å². The number of rotatable bonds is 3. The van der Waals surface area contributed by atoms with Crippen LogP contribution >= 0.6 is 0 Å². The predicted octanol–water partition coefficient (Wildman–Crippen LogP) is 2.24. The summed E-state index contributed by atoms with van der Waals surface area (Å²) in [6, 6.07) is 7.19. The highest BCUT2D eigenvalue weighted by atomic mass is 16.5. The van der Waals surface area contributed by atoms with Gasteiger partial charge in [-0.15, -0.1) is 0 Å². The molecule has 4 heteroatoms. The Morgan fingerprint density at radius 2 is 2.12 bits per heavy atom. The fourth-order valence-corrected chi connectivity index (χ4v) is 1.67.